The molecule has 0 spiro atoms. The van der Waals surface area contributed by atoms with E-state index in [1.807, 2.05) is 0 Å². The van der Waals surface area contributed by atoms with Crippen LogP contribution in [-0.4, -0.2) is 9.97 Å². The number of nitriles is 1. The van der Waals surface area contributed by atoms with Gasteiger partial charge in [0, 0.05) is 5.56 Å². The fraction of sp³-hybridized carbons (Fsp3) is 0. The van der Waals surface area contributed by atoms with Crippen molar-refractivity contribution in [2.75, 3.05) is 5.73 Å². The minimum atomic E-state index is -0.728. The van der Waals surface area contributed by atoms with Crippen LogP contribution in [0.1, 0.15) is 5.56 Å². The second-order valence-corrected chi connectivity index (χ2v) is 3.27. The molecule has 1 aromatic heterocycles. The summed E-state index contributed by atoms with van der Waals surface area (Å²) in [5.41, 5.74) is 5.42. The van der Waals surface area contributed by atoms with Gasteiger partial charge < -0.3 is 5.73 Å². The molecule has 0 fully saturated rings. The zero-order chi connectivity index (χ0) is 12.4. The first-order valence-electron chi connectivity index (χ1n) is 4.59. The van der Waals surface area contributed by atoms with Crippen LogP contribution in [-0.2, 0) is 0 Å². The summed E-state index contributed by atoms with van der Waals surface area (Å²) < 4.78 is 26.6. The van der Waals surface area contributed by atoms with Crippen molar-refractivity contribution in [2.24, 2.45) is 0 Å². The van der Waals surface area contributed by atoms with Gasteiger partial charge in [0.05, 0.1) is 17.8 Å². The van der Waals surface area contributed by atoms with Gasteiger partial charge in [-0.05, 0) is 18.2 Å². The van der Waals surface area contributed by atoms with Crippen LogP contribution >= 0.6 is 0 Å². The van der Waals surface area contributed by atoms with Gasteiger partial charge in [-0.25, -0.2) is 18.7 Å². The number of benzene rings is 1. The summed E-state index contributed by atoms with van der Waals surface area (Å²) in [5, 5.41) is 8.69. The quantitative estimate of drug-likeness (QED) is 0.814. The highest BCUT2D eigenvalue weighted by Gasteiger charge is 2.10. The van der Waals surface area contributed by atoms with Crippen LogP contribution in [0.2, 0.25) is 0 Å². The predicted molar refractivity (Wildman–Crippen MR) is 56.5 cm³/mol. The van der Waals surface area contributed by atoms with E-state index in [1.54, 1.807) is 6.07 Å². The largest absolute Gasteiger partial charge is 0.368 e. The van der Waals surface area contributed by atoms with Crippen molar-refractivity contribution in [2.45, 2.75) is 0 Å². The Morgan fingerprint density at radius 1 is 1.24 bits per heavy atom. The fourth-order valence-electron chi connectivity index (χ4n) is 1.37. The highest BCUT2D eigenvalue weighted by atomic mass is 19.1. The molecule has 6 heteroatoms. The lowest BCUT2D eigenvalue weighted by molar-refractivity contribution is 0.616. The lowest BCUT2D eigenvalue weighted by Crippen LogP contribution is -1.99. The summed E-state index contributed by atoms with van der Waals surface area (Å²) >= 11 is 0. The first kappa shape index (κ1) is 11.0. The van der Waals surface area contributed by atoms with Gasteiger partial charge in [0.25, 0.3) is 0 Å². The SMILES string of the molecule is N#Cc1cc(F)cc(-c2nc(N)ncc2F)c1. The maximum atomic E-state index is 13.4. The molecule has 4 nitrogen and oxygen atoms in total. The van der Waals surface area contributed by atoms with Gasteiger partial charge in [0.1, 0.15) is 11.5 Å². The molecule has 0 saturated heterocycles. The summed E-state index contributed by atoms with van der Waals surface area (Å²) in [6.07, 6.45) is 0.897. The number of aromatic nitrogens is 2. The van der Waals surface area contributed by atoms with E-state index in [4.69, 9.17) is 11.0 Å². The highest BCUT2D eigenvalue weighted by Crippen LogP contribution is 2.22. The molecule has 0 atom stereocenters. The van der Waals surface area contributed by atoms with E-state index in [1.165, 1.54) is 6.07 Å². The molecule has 0 radical (unpaired) electrons. The van der Waals surface area contributed by atoms with E-state index in [0.717, 1.165) is 18.3 Å². The Bertz CT molecular complexity index is 619. The molecular formula is C11H6F2N4. The van der Waals surface area contributed by atoms with Crippen LogP contribution in [0.4, 0.5) is 14.7 Å². The third-order valence-corrected chi connectivity index (χ3v) is 2.06. The van der Waals surface area contributed by atoms with E-state index >= 15 is 0 Å². The number of hydrogen-bond donors (Lipinski definition) is 1. The Balaban J connectivity index is 2.64. The van der Waals surface area contributed by atoms with E-state index in [0.29, 0.717) is 0 Å². The maximum Gasteiger partial charge on any atom is 0.220 e. The van der Waals surface area contributed by atoms with Gasteiger partial charge in [-0.1, -0.05) is 0 Å². The van der Waals surface area contributed by atoms with Crippen molar-refractivity contribution in [1.29, 1.82) is 5.26 Å². The number of rotatable bonds is 1. The Morgan fingerprint density at radius 2 is 2.00 bits per heavy atom. The van der Waals surface area contributed by atoms with E-state index in [2.05, 4.69) is 9.97 Å². The molecule has 0 bridgehead atoms. The van der Waals surface area contributed by atoms with Gasteiger partial charge in [-0.15, -0.1) is 0 Å². The summed E-state index contributed by atoms with van der Waals surface area (Å²) in [4.78, 5) is 7.14. The molecule has 0 aliphatic heterocycles. The third kappa shape index (κ3) is 2.18. The summed E-state index contributed by atoms with van der Waals surface area (Å²) in [6.45, 7) is 0. The van der Waals surface area contributed by atoms with Gasteiger partial charge in [0.15, 0.2) is 5.82 Å². The van der Waals surface area contributed by atoms with Crippen molar-refractivity contribution in [3.05, 3.63) is 41.6 Å². The maximum absolute atomic E-state index is 13.4. The average molecular weight is 232 g/mol. The molecule has 1 aromatic carbocycles. The minimum absolute atomic E-state index is 0.0802. The van der Waals surface area contributed by atoms with Gasteiger partial charge >= 0.3 is 0 Å². The molecule has 17 heavy (non-hydrogen) atoms. The standard InChI is InChI=1S/C11H6F2N4/c12-8-2-6(4-14)1-7(3-8)10-9(13)5-16-11(15)17-10/h1-3,5H,(H2,15,16,17). The molecule has 2 N–H and O–H groups in total. The molecule has 0 aliphatic rings. The van der Waals surface area contributed by atoms with Crippen molar-refractivity contribution in [3.8, 4) is 17.3 Å². The summed E-state index contributed by atoms with van der Waals surface area (Å²) in [6, 6.07) is 5.22. The number of hydrogen-bond acceptors (Lipinski definition) is 4. The molecule has 0 unspecified atom stereocenters. The van der Waals surface area contributed by atoms with E-state index < -0.39 is 11.6 Å². The van der Waals surface area contributed by atoms with Crippen molar-refractivity contribution in [3.63, 3.8) is 0 Å². The second-order valence-electron chi connectivity index (χ2n) is 3.27. The van der Waals surface area contributed by atoms with Crippen LogP contribution in [0.3, 0.4) is 0 Å². The Morgan fingerprint density at radius 3 is 2.71 bits per heavy atom. The fourth-order valence-corrected chi connectivity index (χ4v) is 1.37. The first-order valence-corrected chi connectivity index (χ1v) is 4.59. The van der Waals surface area contributed by atoms with E-state index in [9.17, 15) is 8.78 Å². The van der Waals surface area contributed by atoms with Crippen molar-refractivity contribution >= 4 is 5.95 Å². The van der Waals surface area contributed by atoms with Crippen LogP contribution in [0.15, 0.2) is 24.4 Å². The predicted octanol–water partition coefficient (Wildman–Crippen LogP) is 1.88. The first-order chi connectivity index (χ1) is 8.10. The lowest BCUT2D eigenvalue weighted by Gasteiger charge is -2.03. The molecular weight excluding hydrogens is 226 g/mol. The normalized spacial score (nSPS) is 9.94. The van der Waals surface area contributed by atoms with Crippen LogP contribution in [0.5, 0.6) is 0 Å². The monoisotopic (exact) mass is 232 g/mol. The van der Waals surface area contributed by atoms with Gasteiger partial charge in [-0.2, -0.15) is 5.26 Å². The average Bonchev–Trinajstić information content (AvgIpc) is 2.31. The number of nitrogen functional groups attached to an aromatic ring is 1. The third-order valence-electron chi connectivity index (χ3n) is 2.06. The highest BCUT2D eigenvalue weighted by molar-refractivity contribution is 5.62. The molecule has 2 aromatic rings. The lowest BCUT2D eigenvalue weighted by atomic mass is 10.1. The summed E-state index contributed by atoms with van der Waals surface area (Å²) in [7, 11) is 0. The topological polar surface area (TPSA) is 75.6 Å². The molecule has 0 saturated carbocycles. The smallest absolute Gasteiger partial charge is 0.220 e. The minimum Gasteiger partial charge on any atom is -0.368 e. The zero-order valence-electron chi connectivity index (χ0n) is 8.48. The van der Waals surface area contributed by atoms with Crippen LogP contribution in [0.25, 0.3) is 11.3 Å². The van der Waals surface area contributed by atoms with Gasteiger partial charge in [0.2, 0.25) is 5.95 Å². The molecule has 84 valence electrons. The summed E-state index contributed by atoms with van der Waals surface area (Å²) in [5.74, 6) is -1.49. The van der Waals surface area contributed by atoms with E-state index in [-0.39, 0.29) is 22.8 Å². The number of nitrogens with two attached hydrogens (primary N) is 1. The van der Waals surface area contributed by atoms with Crippen LogP contribution in [0, 0.1) is 23.0 Å². The zero-order valence-corrected chi connectivity index (χ0v) is 8.48. The Kier molecular flexibility index (Phi) is 2.66. The van der Waals surface area contributed by atoms with Crippen molar-refractivity contribution < 1.29 is 8.78 Å². The van der Waals surface area contributed by atoms with Gasteiger partial charge in [-0.3, -0.25) is 0 Å². The Labute approximate surface area is 95.4 Å². The number of anilines is 1. The Hall–Kier alpha value is -2.55. The molecule has 2 rings (SSSR count). The number of halogens is 2. The van der Waals surface area contributed by atoms with Crippen LogP contribution < -0.4 is 5.73 Å². The second kappa shape index (κ2) is 4.14. The molecule has 0 aliphatic carbocycles. The van der Waals surface area contributed by atoms with Crippen molar-refractivity contribution in [1.82, 2.24) is 9.97 Å². The molecule has 1 heterocycles. The number of nitrogens with zero attached hydrogens (tertiary/aromatic N) is 3. The molecule has 0 amide bonds.